The van der Waals surface area contributed by atoms with E-state index in [1.807, 2.05) is 30.3 Å². The van der Waals surface area contributed by atoms with Crippen LogP contribution < -0.4 is 9.47 Å². The van der Waals surface area contributed by atoms with Gasteiger partial charge in [-0.3, -0.25) is 0 Å². The van der Waals surface area contributed by atoms with Crippen molar-refractivity contribution in [3.05, 3.63) is 156 Å². The van der Waals surface area contributed by atoms with E-state index in [1.54, 1.807) is 66.7 Å². The standard InChI is InChI=1S/C24H20F2O4.C24H20F2O2/c25-23-9-16(22-8-6-18(10-24(22)26)28-12-20-14-30-20)3-7-21(23)15-1-4-17(5-2-15)27-11-19-13-29-19;25-23-11-16(10-20-14-28-20)3-7-22(23)18-6-8-21(24(26)12-18)17-4-1-15(2-5-17)9-19-13-27-19/h1-10,19-20H,11-14H2;1-8,11-12,19-20H,9-10,13-14H2. The summed E-state index contributed by atoms with van der Waals surface area (Å²) < 4.78 is 90.4. The Hall–Kier alpha value is -5.52. The van der Waals surface area contributed by atoms with Gasteiger partial charge in [-0.1, -0.05) is 72.8 Å². The van der Waals surface area contributed by atoms with Crippen LogP contribution in [-0.2, 0) is 31.8 Å². The van der Waals surface area contributed by atoms with Crippen LogP contribution >= 0.6 is 0 Å². The average molecular weight is 789 g/mol. The largest absolute Gasteiger partial charge is 0.491 e. The average Bonchev–Trinajstić information content (AvgIpc) is 4.02. The first-order chi connectivity index (χ1) is 28.3. The molecule has 6 aromatic rings. The molecule has 0 N–H and O–H groups in total. The van der Waals surface area contributed by atoms with E-state index in [-0.39, 0.29) is 29.9 Å². The summed E-state index contributed by atoms with van der Waals surface area (Å²) in [4.78, 5) is 0. The van der Waals surface area contributed by atoms with Crippen molar-refractivity contribution in [3.63, 3.8) is 0 Å². The monoisotopic (exact) mass is 788 g/mol. The van der Waals surface area contributed by atoms with Crippen molar-refractivity contribution in [2.24, 2.45) is 0 Å². The van der Waals surface area contributed by atoms with Crippen LogP contribution in [-0.4, -0.2) is 64.1 Å². The Morgan fingerprint density at radius 1 is 0.379 bits per heavy atom. The zero-order chi connectivity index (χ0) is 39.6. The molecule has 4 saturated heterocycles. The van der Waals surface area contributed by atoms with E-state index < -0.39 is 11.6 Å². The van der Waals surface area contributed by atoms with Crippen LogP contribution in [0, 0.1) is 23.3 Å². The summed E-state index contributed by atoms with van der Waals surface area (Å²) in [6.07, 6.45) is 2.44. The molecule has 4 fully saturated rings. The quantitative estimate of drug-likeness (QED) is 0.0809. The summed E-state index contributed by atoms with van der Waals surface area (Å²) in [5.41, 5.74) is 6.31. The molecule has 6 aromatic carbocycles. The smallest absolute Gasteiger partial charge is 0.134 e. The zero-order valence-corrected chi connectivity index (χ0v) is 31.5. The van der Waals surface area contributed by atoms with Gasteiger partial charge in [-0.2, -0.15) is 0 Å². The number of epoxide rings is 4. The van der Waals surface area contributed by atoms with Crippen molar-refractivity contribution in [2.45, 2.75) is 37.3 Å². The predicted molar refractivity (Wildman–Crippen MR) is 212 cm³/mol. The van der Waals surface area contributed by atoms with E-state index in [9.17, 15) is 17.6 Å². The molecule has 4 aliphatic heterocycles. The van der Waals surface area contributed by atoms with E-state index >= 15 is 0 Å². The summed E-state index contributed by atoms with van der Waals surface area (Å²) in [5, 5.41) is 0. The molecule has 10 rings (SSSR count). The van der Waals surface area contributed by atoms with Gasteiger partial charge in [-0.25, -0.2) is 17.6 Å². The van der Waals surface area contributed by atoms with E-state index in [0.29, 0.717) is 77.2 Å². The van der Waals surface area contributed by atoms with Gasteiger partial charge in [0.05, 0.1) is 38.6 Å². The van der Waals surface area contributed by atoms with E-state index in [2.05, 4.69) is 0 Å². The fourth-order valence-electron chi connectivity index (χ4n) is 6.73. The molecule has 10 heteroatoms. The first-order valence-electron chi connectivity index (χ1n) is 19.4. The lowest BCUT2D eigenvalue weighted by Crippen LogP contribution is -2.04. The highest BCUT2D eigenvalue weighted by molar-refractivity contribution is 5.73. The van der Waals surface area contributed by atoms with Crippen LogP contribution in [0.4, 0.5) is 17.6 Å². The highest BCUT2D eigenvalue weighted by Crippen LogP contribution is 2.33. The van der Waals surface area contributed by atoms with Crippen LogP contribution in [0.25, 0.3) is 44.5 Å². The first kappa shape index (κ1) is 38.0. The fourth-order valence-corrected chi connectivity index (χ4v) is 6.73. The van der Waals surface area contributed by atoms with E-state index in [1.165, 1.54) is 29.8 Å². The van der Waals surface area contributed by atoms with Gasteiger partial charge in [0, 0.05) is 41.2 Å². The highest BCUT2D eigenvalue weighted by Gasteiger charge is 2.25. The van der Waals surface area contributed by atoms with Crippen LogP contribution in [0.15, 0.2) is 121 Å². The number of hydrogen-bond donors (Lipinski definition) is 0. The maximum Gasteiger partial charge on any atom is 0.134 e. The lowest BCUT2D eigenvalue weighted by molar-refractivity contribution is 0.262. The van der Waals surface area contributed by atoms with Gasteiger partial charge < -0.3 is 28.4 Å². The Kier molecular flexibility index (Phi) is 11.0. The Morgan fingerprint density at radius 2 is 0.741 bits per heavy atom. The molecule has 4 aliphatic rings. The number of halogens is 4. The second kappa shape index (κ2) is 16.8. The summed E-state index contributed by atoms with van der Waals surface area (Å²) >= 11 is 0. The van der Waals surface area contributed by atoms with Gasteiger partial charge in [0.1, 0.15) is 60.2 Å². The predicted octanol–water partition coefficient (Wildman–Crippen LogP) is 10.0. The minimum Gasteiger partial charge on any atom is -0.491 e. The third kappa shape index (κ3) is 9.77. The molecule has 0 saturated carbocycles. The second-order valence-corrected chi connectivity index (χ2v) is 14.9. The van der Waals surface area contributed by atoms with Gasteiger partial charge >= 0.3 is 0 Å². The third-order valence-electron chi connectivity index (χ3n) is 10.4. The Balaban J connectivity index is 0.000000151. The summed E-state index contributed by atoms with van der Waals surface area (Å²) in [7, 11) is 0. The molecule has 4 atom stereocenters. The topological polar surface area (TPSA) is 68.6 Å². The molecule has 4 heterocycles. The van der Waals surface area contributed by atoms with Crippen molar-refractivity contribution in [1.29, 1.82) is 0 Å². The number of ether oxygens (including phenoxy) is 6. The first-order valence-corrected chi connectivity index (χ1v) is 19.4. The lowest BCUT2D eigenvalue weighted by atomic mass is 9.97. The van der Waals surface area contributed by atoms with Crippen LogP contribution in [0.2, 0.25) is 0 Å². The highest BCUT2D eigenvalue weighted by atomic mass is 19.1. The molecule has 296 valence electrons. The molecule has 0 aromatic heterocycles. The summed E-state index contributed by atoms with van der Waals surface area (Å²) in [5.74, 6) is -0.429. The zero-order valence-electron chi connectivity index (χ0n) is 31.5. The van der Waals surface area contributed by atoms with Crippen molar-refractivity contribution in [3.8, 4) is 56.0 Å². The second-order valence-electron chi connectivity index (χ2n) is 14.9. The molecule has 0 spiro atoms. The molecule has 58 heavy (non-hydrogen) atoms. The van der Waals surface area contributed by atoms with Crippen molar-refractivity contribution >= 4 is 0 Å². The van der Waals surface area contributed by atoms with Gasteiger partial charge in [0.25, 0.3) is 0 Å². The summed E-state index contributed by atoms with van der Waals surface area (Å²) in [6, 6.07) is 34.4. The van der Waals surface area contributed by atoms with Gasteiger partial charge in [-0.05, 0) is 75.8 Å². The van der Waals surface area contributed by atoms with Crippen molar-refractivity contribution in [1.82, 2.24) is 0 Å². The van der Waals surface area contributed by atoms with Crippen molar-refractivity contribution < 1.29 is 46.0 Å². The Morgan fingerprint density at radius 3 is 1.22 bits per heavy atom. The normalized spacial score (nSPS) is 19.8. The number of hydrogen-bond acceptors (Lipinski definition) is 6. The molecule has 0 amide bonds. The Labute approximate surface area is 333 Å². The Bertz CT molecular complexity index is 2390. The molecule has 0 bridgehead atoms. The van der Waals surface area contributed by atoms with Gasteiger partial charge in [-0.15, -0.1) is 0 Å². The van der Waals surface area contributed by atoms with Crippen LogP contribution in [0.1, 0.15) is 11.1 Å². The lowest BCUT2D eigenvalue weighted by Gasteiger charge is -2.10. The molecule has 0 radical (unpaired) electrons. The van der Waals surface area contributed by atoms with Crippen LogP contribution in [0.5, 0.6) is 11.5 Å². The molecule has 6 nitrogen and oxygen atoms in total. The maximum absolute atomic E-state index is 14.8. The summed E-state index contributed by atoms with van der Waals surface area (Å²) in [6.45, 7) is 3.90. The van der Waals surface area contributed by atoms with E-state index in [0.717, 1.165) is 42.9 Å². The van der Waals surface area contributed by atoms with Crippen molar-refractivity contribution in [2.75, 3.05) is 39.6 Å². The van der Waals surface area contributed by atoms with Crippen LogP contribution in [0.3, 0.4) is 0 Å². The van der Waals surface area contributed by atoms with Gasteiger partial charge in [0.15, 0.2) is 0 Å². The SMILES string of the molecule is Fc1cc(CC2CO2)ccc1-c1ccc(-c2ccc(CC3CO3)cc2)c(F)c1.Fc1cc(OCC2CO2)ccc1-c1ccc(-c2ccc(OCC3CO3)cc2)c(F)c1. The molecule has 0 aliphatic carbocycles. The minimum atomic E-state index is -0.461. The third-order valence-corrected chi connectivity index (χ3v) is 10.4. The van der Waals surface area contributed by atoms with E-state index in [4.69, 9.17) is 28.4 Å². The number of benzene rings is 6. The molecular weight excluding hydrogens is 749 g/mol. The number of rotatable bonds is 14. The fraction of sp³-hybridized carbons (Fsp3) is 0.250. The molecule has 4 unspecified atom stereocenters. The molecular formula is C48H40F4O6. The maximum atomic E-state index is 14.8. The van der Waals surface area contributed by atoms with Gasteiger partial charge in [0.2, 0.25) is 0 Å². The minimum absolute atomic E-state index is 0.0993.